The Morgan fingerprint density at radius 1 is 1.30 bits per heavy atom. The second kappa shape index (κ2) is 8.24. The smallest absolute Gasteiger partial charge is 0.248 e. The maximum atomic E-state index is 14.4. The van der Waals surface area contributed by atoms with E-state index in [2.05, 4.69) is 9.98 Å². The van der Waals surface area contributed by atoms with Crippen LogP contribution in [0.25, 0.3) is 10.9 Å². The van der Waals surface area contributed by atoms with E-state index in [4.69, 9.17) is 11.6 Å². The van der Waals surface area contributed by atoms with Gasteiger partial charge in [0.15, 0.2) is 0 Å². The Balaban J connectivity index is 1.84. The molecule has 4 rings (SSSR count). The number of aromatic amines is 1. The predicted octanol–water partition coefficient (Wildman–Crippen LogP) is 4.69. The third-order valence-corrected chi connectivity index (χ3v) is 6.50. The van der Waals surface area contributed by atoms with Crippen molar-refractivity contribution in [3.05, 3.63) is 74.8 Å². The van der Waals surface area contributed by atoms with Gasteiger partial charge in [-0.05, 0) is 49.2 Å². The van der Waals surface area contributed by atoms with Crippen LogP contribution in [0.15, 0.2) is 52.3 Å². The van der Waals surface area contributed by atoms with Crippen LogP contribution in [0.1, 0.15) is 18.1 Å². The van der Waals surface area contributed by atoms with Gasteiger partial charge in [0.1, 0.15) is 11.1 Å². The van der Waals surface area contributed by atoms with Crippen LogP contribution in [0.5, 0.6) is 0 Å². The van der Waals surface area contributed by atoms with E-state index >= 15 is 0 Å². The van der Waals surface area contributed by atoms with E-state index in [-0.39, 0.29) is 29.3 Å². The molecule has 0 saturated heterocycles. The van der Waals surface area contributed by atoms with Crippen LogP contribution in [0.4, 0.5) is 10.1 Å². The topological polar surface area (TPSA) is 65.5 Å². The number of carbonyl (C=O) groups excluding carboxylic acids is 1. The molecule has 8 heteroatoms. The van der Waals surface area contributed by atoms with Crippen LogP contribution in [-0.2, 0) is 11.3 Å². The summed E-state index contributed by atoms with van der Waals surface area (Å²) in [5, 5.41) is 0.708. The highest BCUT2D eigenvalue weighted by Gasteiger charge is 2.33. The number of hydrogen-bond acceptors (Lipinski definition) is 4. The highest BCUT2D eigenvalue weighted by molar-refractivity contribution is 8.13. The number of halogens is 2. The molecule has 2 aromatic carbocycles. The molecule has 5 nitrogen and oxygen atoms in total. The first kappa shape index (κ1) is 20.6. The van der Waals surface area contributed by atoms with Crippen LogP contribution >= 0.6 is 23.4 Å². The number of rotatable bonds is 4. The zero-order valence-corrected chi connectivity index (χ0v) is 17.9. The molecule has 1 N–H and O–H groups in total. The van der Waals surface area contributed by atoms with Gasteiger partial charge >= 0.3 is 0 Å². The maximum absolute atomic E-state index is 14.4. The molecule has 2 atom stereocenters. The number of nitrogens with one attached hydrogen (secondary N) is 1. The second-order valence-corrected chi connectivity index (χ2v) is 8.66. The van der Waals surface area contributed by atoms with Crippen LogP contribution in [0.2, 0.25) is 5.02 Å². The Hall–Kier alpha value is -2.64. The molecular weight excluding hydrogens is 425 g/mol. The minimum Gasteiger partial charge on any atom is -0.319 e. The molecule has 154 valence electrons. The molecule has 1 aliphatic heterocycles. The van der Waals surface area contributed by atoms with Crippen molar-refractivity contribution in [2.75, 3.05) is 4.90 Å². The van der Waals surface area contributed by atoms with Gasteiger partial charge in [0.05, 0.1) is 23.6 Å². The van der Waals surface area contributed by atoms with Crippen molar-refractivity contribution in [2.45, 2.75) is 31.7 Å². The maximum Gasteiger partial charge on any atom is 0.248 e. The van der Waals surface area contributed by atoms with Crippen molar-refractivity contribution in [1.29, 1.82) is 0 Å². The number of hydrogen-bond donors (Lipinski definition) is 1. The highest BCUT2D eigenvalue weighted by atomic mass is 35.5. The Morgan fingerprint density at radius 3 is 2.80 bits per heavy atom. The summed E-state index contributed by atoms with van der Waals surface area (Å²) >= 11 is 7.54. The summed E-state index contributed by atoms with van der Waals surface area (Å²) in [6.07, 6.45) is 0. The summed E-state index contributed by atoms with van der Waals surface area (Å²) in [7, 11) is 0. The number of H-pyrrole nitrogens is 1. The van der Waals surface area contributed by atoms with E-state index in [0.717, 1.165) is 5.56 Å². The normalized spacial score (nSPS) is 18.1. The Bertz CT molecular complexity index is 1230. The summed E-state index contributed by atoms with van der Waals surface area (Å²) in [6, 6.07) is 11.2. The van der Waals surface area contributed by atoms with E-state index < -0.39 is 11.4 Å². The van der Waals surface area contributed by atoms with Crippen molar-refractivity contribution in [3.8, 4) is 0 Å². The van der Waals surface area contributed by atoms with E-state index in [0.29, 0.717) is 21.7 Å². The molecular formula is C22H19ClFN3O2S. The Morgan fingerprint density at radius 2 is 2.10 bits per heavy atom. The van der Waals surface area contributed by atoms with Gasteiger partial charge in [-0.25, -0.2) is 4.39 Å². The fraction of sp³-hybridized carbons (Fsp3) is 0.227. The summed E-state index contributed by atoms with van der Waals surface area (Å²) in [6.45, 7) is 3.84. The first-order chi connectivity index (χ1) is 14.3. The number of aryl methyl sites for hydroxylation is 1. The monoisotopic (exact) mass is 443 g/mol. The zero-order valence-electron chi connectivity index (χ0n) is 16.4. The zero-order chi connectivity index (χ0) is 21.4. The molecule has 1 amide bonds. The number of anilines is 1. The molecule has 3 aromatic rings. The largest absolute Gasteiger partial charge is 0.319 e. The summed E-state index contributed by atoms with van der Waals surface area (Å²) in [4.78, 5) is 34.2. The third kappa shape index (κ3) is 3.87. The van der Waals surface area contributed by atoms with Gasteiger partial charge in [-0.3, -0.25) is 14.6 Å². The van der Waals surface area contributed by atoms with Crippen LogP contribution in [-0.4, -0.2) is 27.7 Å². The molecule has 0 fully saturated rings. The molecule has 0 saturated carbocycles. The molecule has 0 radical (unpaired) electrons. The lowest BCUT2D eigenvalue weighted by molar-refractivity contribution is -0.118. The van der Waals surface area contributed by atoms with Crippen molar-refractivity contribution < 1.29 is 9.18 Å². The fourth-order valence-corrected chi connectivity index (χ4v) is 4.77. The predicted molar refractivity (Wildman–Crippen MR) is 121 cm³/mol. The molecule has 0 spiro atoms. The van der Waals surface area contributed by atoms with Crippen molar-refractivity contribution in [1.82, 2.24) is 4.98 Å². The molecule has 0 aliphatic carbocycles. The van der Waals surface area contributed by atoms with Gasteiger partial charge in [0, 0.05) is 22.2 Å². The lowest BCUT2D eigenvalue weighted by atomic mass is 10.0. The average Bonchev–Trinajstić information content (AvgIpc) is 3.14. The van der Waals surface area contributed by atoms with Gasteiger partial charge < -0.3 is 9.88 Å². The first-order valence-corrected chi connectivity index (χ1v) is 10.7. The standard InChI is InChI=1S/C22H19ClFN3O2S/c1-12-6-7-17(24)20-19(12)14(8-18(28)26-20)10-27(16-5-3-4-15(23)9-16)22(29)21-13(2)25-11-30-21/h3-9,11,13,21H,10H2,1-2H3,(H,26,28). The summed E-state index contributed by atoms with van der Waals surface area (Å²) in [5.41, 5.74) is 3.38. The SMILES string of the molecule is Cc1ccc(F)c2[nH]c(=O)cc(CN(C(=O)C3SC=NC3C)c3cccc(Cl)c3)c12. The van der Waals surface area contributed by atoms with Gasteiger partial charge in [-0.15, -0.1) is 0 Å². The van der Waals surface area contributed by atoms with Crippen molar-refractivity contribution in [3.63, 3.8) is 0 Å². The van der Waals surface area contributed by atoms with Crippen molar-refractivity contribution in [2.24, 2.45) is 4.99 Å². The lowest BCUT2D eigenvalue weighted by Crippen LogP contribution is -2.40. The summed E-state index contributed by atoms with van der Waals surface area (Å²) < 4.78 is 14.4. The van der Waals surface area contributed by atoms with E-state index in [1.165, 1.54) is 23.9 Å². The number of carbonyl (C=O) groups is 1. The quantitative estimate of drug-likeness (QED) is 0.635. The Labute approximate surface area is 182 Å². The van der Waals surface area contributed by atoms with Gasteiger partial charge in [-0.1, -0.05) is 35.5 Å². The van der Waals surface area contributed by atoms with Gasteiger partial charge in [0.25, 0.3) is 0 Å². The summed E-state index contributed by atoms with van der Waals surface area (Å²) in [5.74, 6) is -0.654. The molecule has 0 bridgehead atoms. The van der Waals surface area contributed by atoms with Crippen molar-refractivity contribution >= 4 is 51.4 Å². The molecule has 30 heavy (non-hydrogen) atoms. The van der Waals surface area contributed by atoms with E-state index in [9.17, 15) is 14.0 Å². The van der Waals surface area contributed by atoms with E-state index in [1.807, 2.05) is 13.8 Å². The molecule has 2 heterocycles. The number of fused-ring (bicyclic) bond motifs is 1. The number of nitrogens with zero attached hydrogens (tertiary/aromatic N) is 2. The highest BCUT2D eigenvalue weighted by Crippen LogP contribution is 2.30. The third-order valence-electron chi connectivity index (χ3n) is 5.14. The lowest BCUT2D eigenvalue weighted by Gasteiger charge is -2.27. The first-order valence-electron chi connectivity index (χ1n) is 9.40. The number of amides is 1. The molecule has 2 unspecified atom stereocenters. The van der Waals surface area contributed by atoms with Gasteiger partial charge in [0.2, 0.25) is 11.5 Å². The van der Waals surface area contributed by atoms with Crippen LogP contribution in [0.3, 0.4) is 0 Å². The number of thioether (sulfide) groups is 1. The van der Waals surface area contributed by atoms with E-state index in [1.54, 1.807) is 40.8 Å². The number of aromatic nitrogens is 1. The number of aliphatic imine (C=N–C) groups is 1. The molecule has 1 aromatic heterocycles. The second-order valence-electron chi connectivity index (χ2n) is 7.23. The van der Waals surface area contributed by atoms with Crippen LogP contribution in [0, 0.1) is 12.7 Å². The minimum atomic E-state index is -0.511. The Kier molecular flexibility index (Phi) is 5.66. The van der Waals surface area contributed by atoms with Crippen LogP contribution < -0.4 is 10.5 Å². The number of pyridine rings is 1. The fourth-order valence-electron chi connectivity index (χ4n) is 3.65. The average molecular weight is 444 g/mol. The number of benzene rings is 2. The van der Waals surface area contributed by atoms with Gasteiger partial charge in [-0.2, -0.15) is 0 Å². The minimum absolute atomic E-state index is 0.105. The molecule has 1 aliphatic rings.